The Balaban J connectivity index is 1.44. The summed E-state index contributed by atoms with van der Waals surface area (Å²) >= 11 is 0. The van der Waals surface area contributed by atoms with Crippen LogP contribution in [0.3, 0.4) is 0 Å². The summed E-state index contributed by atoms with van der Waals surface area (Å²) in [5.41, 5.74) is 1.16. The smallest absolute Gasteiger partial charge is 0.225 e. The van der Waals surface area contributed by atoms with Gasteiger partial charge in [-0.3, -0.25) is 4.79 Å². The number of nitrogens with zero attached hydrogens (tertiary/aromatic N) is 2. The topological polar surface area (TPSA) is 66.9 Å². The number of ether oxygens (including phenoxy) is 1. The van der Waals surface area contributed by atoms with Gasteiger partial charge < -0.3 is 9.64 Å². The summed E-state index contributed by atoms with van der Waals surface area (Å²) in [4.78, 5) is 14.4. The number of amides is 1. The third-order valence-electron chi connectivity index (χ3n) is 5.23. The highest BCUT2D eigenvalue weighted by Gasteiger charge is 2.33. The van der Waals surface area contributed by atoms with Gasteiger partial charge in [-0.05, 0) is 31.2 Å². The van der Waals surface area contributed by atoms with E-state index in [1.807, 2.05) is 35.2 Å². The van der Waals surface area contributed by atoms with Gasteiger partial charge >= 0.3 is 0 Å². The van der Waals surface area contributed by atoms with Gasteiger partial charge in [-0.15, -0.1) is 0 Å². The van der Waals surface area contributed by atoms with Gasteiger partial charge in [0.05, 0.1) is 19.0 Å². The van der Waals surface area contributed by atoms with Crippen LogP contribution in [0.4, 0.5) is 0 Å². The highest BCUT2D eigenvalue weighted by molar-refractivity contribution is 7.89. The molecule has 0 bridgehead atoms. The molecule has 2 heterocycles. The summed E-state index contributed by atoms with van der Waals surface area (Å²) < 4.78 is 32.0. The van der Waals surface area contributed by atoms with Crippen LogP contribution >= 0.6 is 0 Å². The van der Waals surface area contributed by atoms with Gasteiger partial charge in [0, 0.05) is 32.1 Å². The van der Waals surface area contributed by atoms with E-state index < -0.39 is 10.0 Å². The van der Waals surface area contributed by atoms with Gasteiger partial charge in [0.15, 0.2) is 0 Å². The maximum Gasteiger partial charge on any atom is 0.225 e. The molecule has 1 aromatic carbocycles. The first kappa shape index (κ1) is 19.3. The lowest BCUT2D eigenvalue weighted by Gasteiger charge is -2.35. The molecule has 1 aromatic rings. The van der Waals surface area contributed by atoms with Crippen molar-refractivity contribution in [3.63, 3.8) is 0 Å². The Hall–Kier alpha value is -1.44. The summed E-state index contributed by atoms with van der Waals surface area (Å²) in [5.74, 6) is 0.280. The number of carbonyl (C=O) groups excluding carboxylic acids is 1. The first-order valence-electron chi connectivity index (χ1n) is 9.44. The highest BCUT2D eigenvalue weighted by Crippen LogP contribution is 2.23. The van der Waals surface area contributed by atoms with Crippen molar-refractivity contribution < 1.29 is 17.9 Å². The van der Waals surface area contributed by atoms with Gasteiger partial charge in [-0.1, -0.05) is 30.3 Å². The van der Waals surface area contributed by atoms with Crippen LogP contribution in [0.5, 0.6) is 0 Å². The lowest BCUT2D eigenvalue weighted by atomic mass is 9.96. The average Bonchev–Trinajstić information content (AvgIpc) is 2.69. The first-order valence-corrected chi connectivity index (χ1v) is 11.1. The predicted molar refractivity (Wildman–Crippen MR) is 100 cm³/mol. The minimum atomic E-state index is -3.24. The highest BCUT2D eigenvalue weighted by atomic mass is 32.2. The molecule has 0 aromatic heterocycles. The largest absolute Gasteiger partial charge is 0.378 e. The van der Waals surface area contributed by atoms with E-state index in [4.69, 9.17) is 4.74 Å². The second-order valence-electron chi connectivity index (χ2n) is 7.02. The van der Waals surface area contributed by atoms with E-state index in [9.17, 15) is 13.2 Å². The number of hydrogen-bond acceptors (Lipinski definition) is 4. The van der Waals surface area contributed by atoms with Crippen LogP contribution in [-0.2, 0) is 26.0 Å². The van der Waals surface area contributed by atoms with Gasteiger partial charge in [0.25, 0.3) is 0 Å². The summed E-state index contributed by atoms with van der Waals surface area (Å²) in [5, 5.41) is 0. The van der Waals surface area contributed by atoms with Crippen molar-refractivity contribution in [3.8, 4) is 0 Å². The molecule has 26 heavy (non-hydrogen) atoms. The Labute approximate surface area is 156 Å². The van der Waals surface area contributed by atoms with Gasteiger partial charge in [0.2, 0.25) is 15.9 Å². The van der Waals surface area contributed by atoms with E-state index in [1.54, 1.807) is 4.31 Å². The number of aryl methyl sites for hydroxylation is 1. The van der Waals surface area contributed by atoms with Crippen LogP contribution in [0.2, 0.25) is 0 Å². The fraction of sp³-hybridized carbons (Fsp3) is 0.632. The minimum Gasteiger partial charge on any atom is -0.378 e. The molecule has 0 saturated carbocycles. The van der Waals surface area contributed by atoms with Crippen LogP contribution in [0, 0.1) is 5.92 Å². The lowest BCUT2D eigenvalue weighted by molar-refractivity contribution is -0.140. The Kier molecular flexibility index (Phi) is 6.67. The van der Waals surface area contributed by atoms with Gasteiger partial charge in [-0.25, -0.2) is 12.7 Å². The summed E-state index contributed by atoms with van der Waals surface area (Å²) in [6, 6.07) is 9.95. The van der Waals surface area contributed by atoms with Crippen molar-refractivity contribution in [1.29, 1.82) is 0 Å². The lowest BCUT2D eigenvalue weighted by Crippen LogP contribution is -2.47. The van der Waals surface area contributed by atoms with E-state index in [0.717, 1.165) is 12.0 Å². The fourth-order valence-corrected chi connectivity index (χ4v) is 5.19. The third kappa shape index (κ3) is 5.05. The second kappa shape index (κ2) is 8.97. The van der Waals surface area contributed by atoms with Crippen molar-refractivity contribution >= 4 is 15.9 Å². The molecular weight excluding hydrogens is 352 g/mol. The van der Waals surface area contributed by atoms with Crippen molar-refractivity contribution in [2.45, 2.75) is 25.7 Å². The SMILES string of the molecule is O=C(C1CCN(S(=O)(=O)CCCc2ccccc2)CC1)N1CCOCC1. The molecule has 144 valence electrons. The number of hydrogen-bond donors (Lipinski definition) is 0. The number of carbonyl (C=O) groups is 1. The molecule has 0 spiro atoms. The monoisotopic (exact) mass is 380 g/mol. The zero-order valence-electron chi connectivity index (χ0n) is 15.2. The molecule has 0 unspecified atom stereocenters. The van der Waals surface area contributed by atoms with Crippen LogP contribution in [0.25, 0.3) is 0 Å². The normalized spacial score (nSPS) is 20.2. The molecule has 2 aliphatic rings. The molecule has 0 aliphatic carbocycles. The fourth-order valence-electron chi connectivity index (χ4n) is 3.66. The van der Waals surface area contributed by atoms with E-state index in [0.29, 0.717) is 58.7 Å². The second-order valence-corrected chi connectivity index (χ2v) is 9.10. The first-order chi connectivity index (χ1) is 12.6. The summed E-state index contributed by atoms with van der Waals surface area (Å²) in [6.07, 6.45) is 2.63. The van der Waals surface area contributed by atoms with Gasteiger partial charge in [-0.2, -0.15) is 0 Å². The molecule has 7 heteroatoms. The molecule has 0 N–H and O–H groups in total. The summed E-state index contributed by atoms with van der Waals surface area (Å²) in [6.45, 7) is 3.40. The van der Waals surface area contributed by atoms with E-state index >= 15 is 0 Å². The quantitative estimate of drug-likeness (QED) is 0.750. The van der Waals surface area contributed by atoms with Crippen LogP contribution in [-0.4, -0.2) is 68.7 Å². The number of piperidine rings is 1. The number of benzene rings is 1. The summed E-state index contributed by atoms with van der Waals surface area (Å²) in [7, 11) is -3.24. The predicted octanol–water partition coefficient (Wildman–Crippen LogP) is 1.52. The van der Waals surface area contributed by atoms with E-state index in [-0.39, 0.29) is 17.6 Å². The molecule has 2 aliphatic heterocycles. The van der Waals surface area contributed by atoms with Crippen LogP contribution in [0.1, 0.15) is 24.8 Å². The van der Waals surface area contributed by atoms with E-state index in [2.05, 4.69) is 0 Å². The molecule has 2 fully saturated rings. The Morgan fingerprint density at radius 1 is 1.04 bits per heavy atom. The number of sulfonamides is 1. The molecule has 6 nitrogen and oxygen atoms in total. The molecule has 0 radical (unpaired) electrons. The van der Waals surface area contributed by atoms with Crippen LogP contribution < -0.4 is 0 Å². The average molecular weight is 381 g/mol. The third-order valence-corrected chi connectivity index (χ3v) is 7.19. The molecular formula is C19H28N2O4S. The van der Waals surface area contributed by atoms with E-state index in [1.165, 1.54) is 0 Å². The zero-order valence-corrected chi connectivity index (χ0v) is 16.0. The minimum absolute atomic E-state index is 0.0520. The maximum atomic E-state index is 12.6. The Bertz CT molecular complexity index is 679. The van der Waals surface area contributed by atoms with Crippen molar-refractivity contribution in [2.75, 3.05) is 45.1 Å². The zero-order chi connectivity index (χ0) is 18.4. The Morgan fingerprint density at radius 2 is 1.69 bits per heavy atom. The Morgan fingerprint density at radius 3 is 2.35 bits per heavy atom. The number of rotatable bonds is 6. The molecule has 0 atom stereocenters. The molecule has 2 saturated heterocycles. The van der Waals surface area contributed by atoms with Crippen LogP contribution in [0.15, 0.2) is 30.3 Å². The molecule has 3 rings (SSSR count). The number of morpholine rings is 1. The maximum absolute atomic E-state index is 12.6. The van der Waals surface area contributed by atoms with Crippen molar-refractivity contribution in [2.24, 2.45) is 5.92 Å². The van der Waals surface area contributed by atoms with Gasteiger partial charge in [0.1, 0.15) is 0 Å². The standard InChI is InChI=1S/C19H28N2O4S/c22-19(20-12-14-25-15-13-20)18-8-10-21(11-9-18)26(23,24)16-4-7-17-5-2-1-3-6-17/h1-3,5-6,18H,4,7-16H2. The van der Waals surface area contributed by atoms with Crippen molar-refractivity contribution in [3.05, 3.63) is 35.9 Å². The molecule has 1 amide bonds. The van der Waals surface area contributed by atoms with Crippen molar-refractivity contribution in [1.82, 2.24) is 9.21 Å².